The lowest BCUT2D eigenvalue weighted by molar-refractivity contribution is 0.409. The van der Waals surface area contributed by atoms with Gasteiger partial charge in [-0.2, -0.15) is 0 Å². The number of benzene rings is 2. The normalized spacial score (nSPS) is 11.7. The van der Waals surface area contributed by atoms with E-state index in [0.717, 1.165) is 17.7 Å². The maximum atomic E-state index is 12.5. The highest BCUT2D eigenvalue weighted by molar-refractivity contribution is 14.0. The molecule has 0 saturated heterocycles. The van der Waals surface area contributed by atoms with Gasteiger partial charge >= 0.3 is 0 Å². The van der Waals surface area contributed by atoms with Gasteiger partial charge in [-0.05, 0) is 36.6 Å². The highest BCUT2D eigenvalue weighted by Gasteiger charge is 2.20. The molecule has 2 rings (SSSR count). The van der Waals surface area contributed by atoms with Crippen molar-refractivity contribution in [3.63, 3.8) is 0 Å². The predicted octanol–water partition coefficient (Wildman–Crippen LogP) is 2.86. The summed E-state index contributed by atoms with van der Waals surface area (Å²) in [6, 6.07) is 14.9. The maximum absolute atomic E-state index is 12.5. The molecule has 0 aliphatic heterocycles. The number of methoxy groups -OCH3 is 1. The Morgan fingerprint density at radius 3 is 2.30 bits per heavy atom. The van der Waals surface area contributed by atoms with Crippen LogP contribution in [0.15, 0.2) is 58.4 Å². The molecule has 2 aromatic rings. The first-order valence-corrected chi connectivity index (χ1v) is 11.0. The molecule has 30 heavy (non-hydrogen) atoms. The van der Waals surface area contributed by atoms with Crippen molar-refractivity contribution in [2.24, 2.45) is 4.99 Å². The van der Waals surface area contributed by atoms with E-state index in [1.807, 2.05) is 37.3 Å². The largest absolute Gasteiger partial charge is 0.496 e. The fourth-order valence-corrected chi connectivity index (χ4v) is 3.92. The molecule has 0 spiro atoms. The van der Waals surface area contributed by atoms with Gasteiger partial charge in [0.15, 0.2) is 5.96 Å². The topological polar surface area (TPSA) is 83.0 Å². The van der Waals surface area contributed by atoms with E-state index < -0.39 is 10.0 Å². The highest BCUT2D eigenvalue weighted by atomic mass is 127. The number of nitrogens with zero attached hydrogens (tertiary/aromatic N) is 2. The third-order valence-electron chi connectivity index (χ3n) is 4.36. The molecule has 9 heteroatoms. The van der Waals surface area contributed by atoms with Crippen molar-refractivity contribution in [2.45, 2.75) is 24.8 Å². The van der Waals surface area contributed by atoms with Gasteiger partial charge in [0.05, 0.1) is 18.6 Å². The SMILES string of the molecule is CCNC(=NCc1ccccc1S(=O)(=O)N(C)C)NCCc1ccccc1OC.I. The number of hydrogen-bond donors (Lipinski definition) is 2. The Labute approximate surface area is 197 Å². The lowest BCUT2D eigenvalue weighted by Crippen LogP contribution is -2.38. The molecular formula is C21H31IN4O3S. The fraction of sp³-hybridized carbons (Fsp3) is 0.381. The van der Waals surface area contributed by atoms with Crippen LogP contribution in [0.1, 0.15) is 18.1 Å². The van der Waals surface area contributed by atoms with Gasteiger partial charge in [-0.25, -0.2) is 17.7 Å². The van der Waals surface area contributed by atoms with E-state index in [1.54, 1.807) is 25.3 Å². The van der Waals surface area contributed by atoms with Crippen LogP contribution < -0.4 is 15.4 Å². The highest BCUT2D eigenvalue weighted by Crippen LogP contribution is 2.19. The van der Waals surface area contributed by atoms with Crippen molar-refractivity contribution in [1.29, 1.82) is 0 Å². The summed E-state index contributed by atoms with van der Waals surface area (Å²) in [5.74, 6) is 1.50. The van der Waals surface area contributed by atoms with Crippen LogP contribution in [0.25, 0.3) is 0 Å². The third kappa shape index (κ3) is 7.13. The van der Waals surface area contributed by atoms with Gasteiger partial charge in [-0.3, -0.25) is 0 Å². The van der Waals surface area contributed by atoms with Crippen LogP contribution >= 0.6 is 24.0 Å². The first kappa shape index (κ1) is 26.2. The second-order valence-corrected chi connectivity index (χ2v) is 8.70. The molecule has 0 atom stereocenters. The smallest absolute Gasteiger partial charge is 0.242 e. The van der Waals surface area contributed by atoms with Crippen LogP contribution in [0.3, 0.4) is 0 Å². The number of guanidine groups is 1. The molecule has 0 amide bonds. The molecule has 166 valence electrons. The van der Waals surface area contributed by atoms with Gasteiger partial charge in [0.2, 0.25) is 10.0 Å². The lowest BCUT2D eigenvalue weighted by Gasteiger charge is -2.15. The standard InChI is InChI=1S/C21H30N4O3S.HI/c1-5-22-21(23-15-14-17-10-6-8-12-19(17)28-4)24-16-18-11-7-9-13-20(18)29(26,27)25(2)3;/h6-13H,5,14-16H2,1-4H3,(H2,22,23,24);1H. The summed E-state index contributed by atoms with van der Waals surface area (Å²) in [6.07, 6.45) is 0.778. The second-order valence-electron chi connectivity index (χ2n) is 6.58. The zero-order chi connectivity index (χ0) is 21.3. The summed E-state index contributed by atoms with van der Waals surface area (Å²) in [7, 11) is 1.20. The van der Waals surface area contributed by atoms with E-state index in [2.05, 4.69) is 15.6 Å². The minimum absolute atomic E-state index is 0. The minimum Gasteiger partial charge on any atom is -0.496 e. The zero-order valence-electron chi connectivity index (χ0n) is 17.9. The molecule has 2 aromatic carbocycles. The van der Waals surface area contributed by atoms with Crippen molar-refractivity contribution in [1.82, 2.24) is 14.9 Å². The van der Waals surface area contributed by atoms with Crippen LogP contribution in [0.4, 0.5) is 0 Å². The van der Waals surface area contributed by atoms with E-state index in [4.69, 9.17) is 4.74 Å². The van der Waals surface area contributed by atoms with Crippen molar-refractivity contribution in [3.8, 4) is 5.75 Å². The monoisotopic (exact) mass is 546 g/mol. The summed E-state index contributed by atoms with van der Waals surface area (Å²) in [5, 5.41) is 6.49. The Balaban J connectivity index is 0.00000450. The summed E-state index contributed by atoms with van der Waals surface area (Å²) in [5.41, 5.74) is 1.77. The Morgan fingerprint density at radius 2 is 1.67 bits per heavy atom. The molecule has 7 nitrogen and oxygen atoms in total. The summed E-state index contributed by atoms with van der Waals surface area (Å²) in [6.45, 7) is 3.62. The van der Waals surface area contributed by atoms with Crippen molar-refractivity contribution < 1.29 is 13.2 Å². The average molecular weight is 546 g/mol. The Morgan fingerprint density at radius 1 is 1.03 bits per heavy atom. The zero-order valence-corrected chi connectivity index (χ0v) is 21.0. The summed E-state index contributed by atoms with van der Waals surface area (Å²) in [4.78, 5) is 4.85. The van der Waals surface area contributed by atoms with Crippen molar-refractivity contribution in [2.75, 3.05) is 34.3 Å². The molecule has 0 unspecified atom stereocenters. The molecule has 2 N–H and O–H groups in total. The van der Waals surface area contributed by atoms with Gasteiger partial charge in [0.1, 0.15) is 5.75 Å². The van der Waals surface area contributed by atoms with Gasteiger partial charge in [0, 0.05) is 27.2 Å². The van der Waals surface area contributed by atoms with Crippen molar-refractivity contribution >= 4 is 40.0 Å². The number of aliphatic imine (C=N–C) groups is 1. The van der Waals surface area contributed by atoms with E-state index in [0.29, 0.717) is 24.6 Å². The first-order valence-electron chi connectivity index (χ1n) is 9.54. The molecule has 0 aromatic heterocycles. The Hall–Kier alpha value is -1.85. The molecular weight excluding hydrogens is 515 g/mol. The molecule has 0 fully saturated rings. The second kappa shape index (κ2) is 12.8. The average Bonchev–Trinajstić information content (AvgIpc) is 2.72. The quantitative estimate of drug-likeness (QED) is 0.287. The lowest BCUT2D eigenvalue weighted by atomic mass is 10.1. The van der Waals surface area contributed by atoms with Crippen LogP contribution in [0.5, 0.6) is 5.75 Å². The van der Waals surface area contributed by atoms with E-state index in [-0.39, 0.29) is 35.4 Å². The Kier molecular flexibility index (Phi) is 11.1. The number of sulfonamides is 1. The van der Waals surface area contributed by atoms with Gasteiger partial charge < -0.3 is 15.4 Å². The van der Waals surface area contributed by atoms with E-state index in [1.165, 1.54) is 18.4 Å². The molecule has 0 radical (unpaired) electrons. The van der Waals surface area contributed by atoms with Gasteiger partial charge in [0.25, 0.3) is 0 Å². The first-order chi connectivity index (χ1) is 13.9. The number of rotatable bonds is 9. The molecule has 0 bridgehead atoms. The number of hydrogen-bond acceptors (Lipinski definition) is 4. The van der Waals surface area contributed by atoms with Gasteiger partial charge in [-0.15, -0.1) is 24.0 Å². The molecule has 0 aliphatic carbocycles. The molecule has 0 heterocycles. The predicted molar refractivity (Wildman–Crippen MR) is 132 cm³/mol. The van der Waals surface area contributed by atoms with Crippen LogP contribution in [-0.2, 0) is 23.0 Å². The Bertz CT molecular complexity index is 933. The van der Waals surface area contributed by atoms with Gasteiger partial charge in [-0.1, -0.05) is 36.4 Å². The van der Waals surface area contributed by atoms with Crippen LogP contribution in [0.2, 0.25) is 0 Å². The summed E-state index contributed by atoms with van der Waals surface area (Å²) >= 11 is 0. The minimum atomic E-state index is -3.52. The fourth-order valence-electron chi connectivity index (χ4n) is 2.81. The van der Waals surface area contributed by atoms with Crippen molar-refractivity contribution in [3.05, 3.63) is 59.7 Å². The van der Waals surface area contributed by atoms with Crippen LogP contribution in [0, 0.1) is 0 Å². The van der Waals surface area contributed by atoms with E-state index >= 15 is 0 Å². The maximum Gasteiger partial charge on any atom is 0.242 e. The number of halogens is 1. The summed E-state index contributed by atoms with van der Waals surface area (Å²) < 4.78 is 31.7. The van der Waals surface area contributed by atoms with Crippen LogP contribution in [-0.4, -0.2) is 53.0 Å². The number of nitrogens with one attached hydrogen (secondary N) is 2. The number of para-hydroxylation sites is 1. The molecule has 0 saturated carbocycles. The number of ether oxygens (including phenoxy) is 1. The van der Waals surface area contributed by atoms with E-state index in [9.17, 15) is 8.42 Å². The molecule has 0 aliphatic rings. The third-order valence-corrected chi connectivity index (χ3v) is 6.28.